The van der Waals surface area contributed by atoms with Crippen LogP contribution in [0.3, 0.4) is 0 Å². The van der Waals surface area contributed by atoms with Crippen LogP contribution in [-0.2, 0) is 19.7 Å². The monoisotopic (exact) mass is 375 g/mol. The van der Waals surface area contributed by atoms with Crippen LogP contribution in [0.2, 0.25) is 0 Å². The number of halogens is 1. The molecular formula is C16H18BrN5O. The van der Waals surface area contributed by atoms with Crippen LogP contribution in [0.1, 0.15) is 25.5 Å². The van der Waals surface area contributed by atoms with E-state index in [0.29, 0.717) is 6.61 Å². The molecule has 23 heavy (non-hydrogen) atoms. The molecule has 0 atom stereocenters. The van der Waals surface area contributed by atoms with E-state index in [0.717, 1.165) is 46.0 Å². The summed E-state index contributed by atoms with van der Waals surface area (Å²) < 4.78 is 10.9. The lowest BCUT2D eigenvalue weighted by atomic mass is 10.3. The van der Waals surface area contributed by atoms with Crippen molar-refractivity contribution in [1.82, 2.24) is 24.5 Å². The first-order valence-electron chi connectivity index (χ1n) is 7.89. The minimum absolute atomic E-state index is 0.480. The van der Waals surface area contributed by atoms with E-state index in [9.17, 15) is 0 Å². The van der Waals surface area contributed by atoms with Crippen molar-refractivity contribution in [2.75, 3.05) is 0 Å². The van der Waals surface area contributed by atoms with Gasteiger partial charge in [-0.1, -0.05) is 5.21 Å². The topological polar surface area (TPSA) is 57.8 Å². The molecule has 0 spiro atoms. The van der Waals surface area contributed by atoms with E-state index in [1.54, 1.807) is 0 Å². The summed E-state index contributed by atoms with van der Waals surface area (Å²) in [7, 11) is 0. The Morgan fingerprint density at radius 2 is 2.22 bits per heavy atom. The van der Waals surface area contributed by atoms with Crippen molar-refractivity contribution in [2.45, 2.75) is 39.5 Å². The van der Waals surface area contributed by atoms with Gasteiger partial charge in [-0.3, -0.25) is 0 Å². The standard InChI is InChI=1S/C16H18BrN5O/c1-2-21-10-18-7-12(21)9-23-14-6-5-13-16(15(14)17)19-20-22(13)8-11-3-4-11/h5-7,10-11H,2-4,8-9H2,1H3. The van der Waals surface area contributed by atoms with Crippen LogP contribution in [0, 0.1) is 5.92 Å². The van der Waals surface area contributed by atoms with Gasteiger partial charge < -0.3 is 9.30 Å². The summed E-state index contributed by atoms with van der Waals surface area (Å²) in [5.41, 5.74) is 2.96. The van der Waals surface area contributed by atoms with E-state index >= 15 is 0 Å². The fraction of sp³-hybridized carbons (Fsp3) is 0.438. The molecule has 3 aromatic rings. The number of rotatable bonds is 6. The van der Waals surface area contributed by atoms with Crippen LogP contribution in [0.25, 0.3) is 11.0 Å². The predicted octanol–water partition coefficient (Wildman–Crippen LogP) is 3.40. The summed E-state index contributed by atoms with van der Waals surface area (Å²) in [6, 6.07) is 4.01. The first-order valence-corrected chi connectivity index (χ1v) is 8.69. The summed E-state index contributed by atoms with van der Waals surface area (Å²) in [6.45, 7) is 4.41. The lowest BCUT2D eigenvalue weighted by Crippen LogP contribution is -2.04. The third-order valence-corrected chi connectivity index (χ3v) is 5.00. The zero-order valence-electron chi connectivity index (χ0n) is 12.9. The van der Waals surface area contributed by atoms with Crippen LogP contribution in [0.4, 0.5) is 0 Å². The Labute approximate surface area is 142 Å². The van der Waals surface area contributed by atoms with Gasteiger partial charge in [0, 0.05) is 13.1 Å². The van der Waals surface area contributed by atoms with Crippen molar-refractivity contribution < 1.29 is 4.74 Å². The van der Waals surface area contributed by atoms with Gasteiger partial charge in [0.2, 0.25) is 0 Å². The number of fused-ring (bicyclic) bond motifs is 1. The van der Waals surface area contributed by atoms with Gasteiger partial charge in [-0.25, -0.2) is 9.67 Å². The number of ether oxygens (including phenoxy) is 1. The van der Waals surface area contributed by atoms with Gasteiger partial charge in [-0.05, 0) is 53.7 Å². The zero-order chi connectivity index (χ0) is 15.8. The largest absolute Gasteiger partial charge is 0.486 e. The van der Waals surface area contributed by atoms with Crippen LogP contribution in [-0.4, -0.2) is 24.5 Å². The molecule has 2 heterocycles. The van der Waals surface area contributed by atoms with Gasteiger partial charge in [0.25, 0.3) is 0 Å². The van der Waals surface area contributed by atoms with E-state index < -0.39 is 0 Å². The van der Waals surface area contributed by atoms with Crippen molar-refractivity contribution in [3.8, 4) is 5.75 Å². The smallest absolute Gasteiger partial charge is 0.136 e. The first-order chi connectivity index (χ1) is 11.3. The number of benzene rings is 1. The van der Waals surface area contributed by atoms with Gasteiger partial charge in [0.1, 0.15) is 17.9 Å². The highest BCUT2D eigenvalue weighted by molar-refractivity contribution is 9.10. The fourth-order valence-corrected chi connectivity index (χ4v) is 3.21. The Morgan fingerprint density at radius 3 is 3.00 bits per heavy atom. The summed E-state index contributed by atoms with van der Waals surface area (Å²) >= 11 is 3.61. The molecule has 2 aromatic heterocycles. The second kappa shape index (κ2) is 5.96. The number of aryl methyl sites for hydroxylation is 1. The minimum Gasteiger partial charge on any atom is -0.486 e. The molecule has 0 unspecified atom stereocenters. The Hall–Kier alpha value is -1.89. The van der Waals surface area contributed by atoms with Gasteiger partial charge >= 0.3 is 0 Å². The zero-order valence-corrected chi connectivity index (χ0v) is 14.5. The van der Waals surface area contributed by atoms with Gasteiger partial charge in [-0.2, -0.15) is 0 Å². The van der Waals surface area contributed by atoms with E-state index in [1.807, 2.05) is 29.3 Å². The molecular weight excluding hydrogens is 358 g/mol. The highest BCUT2D eigenvalue weighted by Gasteiger charge is 2.23. The molecule has 7 heteroatoms. The third-order valence-electron chi connectivity index (χ3n) is 4.23. The molecule has 1 fully saturated rings. The average Bonchev–Trinajstić information content (AvgIpc) is 3.09. The summed E-state index contributed by atoms with van der Waals surface area (Å²) in [5.74, 6) is 1.55. The molecule has 0 aliphatic heterocycles. The van der Waals surface area contributed by atoms with E-state index in [-0.39, 0.29) is 0 Å². The number of hydrogen-bond acceptors (Lipinski definition) is 4. The quantitative estimate of drug-likeness (QED) is 0.662. The van der Waals surface area contributed by atoms with E-state index in [2.05, 4.69) is 42.7 Å². The molecule has 120 valence electrons. The average molecular weight is 376 g/mol. The molecule has 1 aliphatic carbocycles. The van der Waals surface area contributed by atoms with Crippen LogP contribution in [0.15, 0.2) is 29.1 Å². The molecule has 0 bridgehead atoms. The molecule has 1 saturated carbocycles. The number of aromatic nitrogens is 5. The maximum atomic E-state index is 5.95. The number of hydrogen-bond donors (Lipinski definition) is 0. The lowest BCUT2D eigenvalue weighted by molar-refractivity contribution is 0.294. The predicted molar refractivity (Wildman–Crippen MR) is 90.2 cm³/mol. The summed E-state index contributed by atoms with van der Waals surface area (Å²) in [5, 5.41) is 8.59. The van der Waals surface area contributed by atoms with Crippen LogP contribution >= 0.6 is 15.9 Å². The second-order valence-corrected chi connectivity index (χ2v) is 6.71. The van der Waals surface area contributed by atoms with Crippen LogP contribution < -0.4 is 4.74 Å². The maximum absolute atomic E-state index is 5.95. The molecule has 1 aromatic carbocycles. The van der Waals surface area contributed by atoms with Gasteiger partial charge in [0.15, 0.2) is 0 Å². The van der Waals surface area contributed by atoms with Gasteiger partial charge in [0.05, 0.1) is 28.2 Å². The first kappa shape index (κ1) is 14.7. The fourth-order valence-electron chi connectivity index (χ4n) is 2.68. The Balaban J connectivity index is 1.56. The molecule has 4 rings (SSSR count). The van der Waals surface area contributed by atoms with E-state index in [4.69, 9.17) is 4.74 Å². The molecule has 0 radical (unpaired) electrons. The van der Waals surface area contributed by atoms with Crippen molar-refractivity contribution in [1.29, 1.82) is 0 Å². The molecule has 0 amide bonds. The Bertz CT molecular complexity index is 836. The lowest BCUT2D eigenvalue weighted by Gasteiger charge is -2.10. The molecule has 0 N–H and O–H groups in total. The summed E-state index contributed by atoms with van der Waals surface area (Å²) in [4.78, 5) is 4.16. The number of nitrogens with zero attached hydrogens (tertiary/aromatic N) is 5. The molecule has 0 saturated heterocycles. The molecule has 1 aliphatic rings. The van der Waals surface area contributed by atoms with Crippen molar-refractivity contribution >= 4 is 27.0 Å². The maximum Gasteiger partial charge on any atom is 0.136 e. The highest BCUT2D eigenvalue weighted by atomic mass is 79.9. The molecule has 6 nitrogen and oxygen atoms in total. The Kier molecular flexibility index (Phi) is 3.80. The Morgan fingerprint density at radius 1 is 1.35 bits per heavy atom. The number of imidazole rings is 1. The van der Waals surface area contributed by atoms with E-state index in [1.165, 1.54) is 12.8 Å². The van der Waals surface area contributed by atoms with Crippen molar-refractivity contribution in [2.24, 2.45) is 5.92 Å². The third kappa shape index (κ3) is 2.85. The van der Waals surface area contributed by atoms with Crippen LogP contribution in [0.5, 0.6) is 5.75 Å². The van der Waals surface area contributed by atoms with Gasteiger partial charge in [-0.15, -0.1) is 5.10 Å². The van der Waals surface area contributed by atoms with Crippen molar-refractivity contribution in [3.05, 3.63) is 34.8 Å². The SMILES string of the molecule is CCn1cncc1COc1ccc2c(nnn2CC2CC2)c1Br. The summed E-state index contributed by atoms with van der Waals surface area (Å²) in [6.07, 6.45) is 6.26. The minimum atomic E-state index is 0.480. The van der Waals surface area contributed by atoms with Crippen molar-refractivity contribution in [3.63, 3.8) is 0 Å². The highest BCUT2D eigenvalue weighted by Crippen LogP contribution is 2.35. The second-order valence-electron chi connectivity index (χ2n) is 5.92. The normalized spacial score (nSPS) is 14.5.